The van der Waals surface area contributed by atoms with E-state index in [1.54, 1.807) is 0 Å². The highest BCUT2D eigenvalue weighted by molar-refractivity contribution is 7.25. The van der Waals surface area contributed by atoms with Gasteiger partial charge >= 0.3 is 0 Å². The van der Waals surface area contributed by atoms with Gasteiger partial charge in [0.25, 0.3) is 0 Å². The maximum Gasteiger partial charge on any atom is 0.0542 e. The number of hydrogen-bond acceptors (Lipinski definition) is 2. The van der Waals surface area contributed by atoms with E-state index in [9.17, 15) is 0 Å². The quantitative estimate of drug-likeness (QED) is 0.337. The van der Waals surface area contributed by atoms with E-state index >= 15 is 0 Å². The van der Waals surface area contributed by atoms with Gasteiger partial charge in [-0.15, -0.1) is 11.3 Å². The number of hydrogen-bond donors (Lipinski definition) is 1. The van der Waals surface area contributed by atoms with E-state index in [1.165, 1.54) is 47.7 Å². The van der Waals surface area contributed by atoms with Crippen LogP contribution in [0.2, 0.25) is 0 Å². The first-order valence-corrected chi connectivity index (χ1v) is 10.3. The van der Waals surface area contributed by atoms with Crippen LogP contribution < -0.4 is 5.32 Å². The van der Waals surface area contributed by atoms with Crippen molar-refractivity contribution in [3.63, 3.8) is 0 Å². The number of para-hydroxylation sites is 1. The Morgan fingerprint density at radius 1 is 0.643 bits per heavy atom. The van der Waals surface area contributed by atoms with E-state index in [2.05, 4.69) is 94.8 Å². The largest absolute Gasteiger partial charge is 0.388 e. The Bertz CT molecular complexity index is 1500. The van der Waals surface area contributed by atoms with Gasteiger partial charge in [0.1, 0.15) is 0 Å². The van der Waals surface area contributed by atoms with Crippen LogP contribution in [0.5, 0.6) is 0 Å². The number of anilines is 1. The standard InChI is InChI=1S/C25H18N2S/c1-26-16-10-12-23-20(14-16)18-6-2-4-8-22(18)27(23)17-11-13-25-21(15-17)19-7-3-5-9-24(19)28-25/h2-15,26H,1H3. The molecule has 0 spiro atoms. The predicted molar refractivity (Wildman–Crippen MR) is 123 cm³/mol. The smallest absolute Gasteiger partial charge is 0.0542 e. The molecule has 6 aromatic rings. The van der Waals surface area contributed by atoms with Crippen LogP contribution in [0.3, 0.4) is 0 Å². The molecule has 1 N–H and O–H groups in total. The van der Waals surface area contributed by atoms with Crippen LogP contribution in [-0.4, -0.2) is 11.6 Å². The molecule has 4 aromatic carbocycles. The maximum atomic E-state index is 3.27. The summed E-state index contributed by atoms with van der Waals surface area (Å²) in [6.07, 6.45) is 0. The lowest BCUT2D eigenvalue weighted by molar-refractivity contribution is 1.19. The van der Waals surface area contributed by atoms with E-state index in [1.807, 2.05) is 18.4 Å². The predicted octanol–water partition coefficient (Wildman–Crippen LogP) is 7.19. The molecule has 0 aliphatic heterocycles. The molecule has 0 saturated carbocycles. The average Bonchev–Trinajstić information content (AvgIpc) is 3.28. The SMILES string of the molecule is CNc1ccc2c(c1)c1ccccc1n2-c1ccc2sc3ccccc3c2c1. The highest BCUT2D eigenvalue weighted by atomic mass is 32.1. The number of thiophene rings is 1. The molecule has 2 nitrogen and oxygen atoms in total. The van der Waals surface area contributed by atoms with Crippen LogP contribution in [0.4, 0.5) is 5.69 Å². The Balaban J connectivity index is 1.72. The summed E-state index contributed by atoms with van der Waals surface area (Å²) >= 11 is 1.86. The van der Waals surface area contributed by atoms with Crippen molar-refractivity contribution in [3.05, 3.63) is 84.9 Å². The number of nitrogens with one attached hydrogen (secondary N) is 1. The van der Waals surface area contributed by atoms with Gasteiger partial charge in [0, 0.05) is 49.4 Å². The van der Waals surface area contributed by atoms with Crippen molar-refractivity contribution in [2.75, 3.05) is 12.4 Å². The second kappa shape index (κ2) is 5.85. The summed E-state index contributed by atoms with van der Waals surface area (Å²) in [7, 11) is 1.97. The van der Waals surface area contributed by atoms with Crippen LogP contribution >= 0.6 is 11.3 Å². The third kappa shape index (κ3) is 2.14. The minimum atomic E-state index is 1.13. The number of aromatic nitrogens is 1. The summed E-state index contributed by atoms with van der Waals surface area (Å²) in [5.74, 6) is 0. The molecule has 0 unspecified atom stereocenters. The van der Waals surface area contributed by atoms with Gasteiger partial charge in [0.2, 0.25) is 0 Å². The van der Waals surface area contributed by atoms with Crippen molar-refractivity contribution in [1.29, 1.82) is 0 Å². The van der Waals surface area contributed by atoms with Crippen LogP contribution in [0.1, 0.15) is 0 Å². The Morgan fingerprint density at radius 3 is 2.29 bits per heavy atom. The van der Waals surface area contributed by atoms with Gasteiger partial charge in [-0.1, -0.05) is 36.4 Å². The molecular formula is C25H18N2S. The van der Waals surface area contributed by atoms with Gasteiger partial charge in [-0.25, -0.2) is 0 Å². The molecule has 3 heteroatoms. The van der Waals surface area contributed by atoms with Crippen molar-refractivity contribution in [1.82, 2.24) is 4.57 Å². The number of rotatable bonds is 2. The van der Waals surface area contributed by atoms with Crippen LogP contribution in [0, 0.1) is 0 Å². The topological polar surface area (TPSA) is 17.0 Å². The Labute approximate surface area is 166 Å². The highest BCUT2D eigenvalue weighted by Crippen LogP contribution is 2.38. The lowest BCUT2D eigenvalue weighted by atomic mass is 10.1. The average molecular weight is 379 g/mol. The molecule has 0 bridgehead atoms. The maximum absolute atomic E-state index is 3.27. The number of fused-ring (bicyclic) bond motifs is 6. The van der Waals surface area contributed by atoms with E-state index in [4.69, 9.17) is 0 Å². The lowest BCUT2D eigenvalue weighted by Gasteiger charge is -2.09. The van der Waals surface area contributed by atoms with Gasteiger partial charge in [-0.2, -0.15) is 0 Å². The van der Waals surface area contributed by atoms with Crippen molar-refractivity contribution >= 4 is 59.0 Å². The lowest BCUT2D eigenvalue weighted by Crippen LogP contribution is -1.93. The van der Waals surface area contributed by atoms with Gasteiger partial charge in [-0.3, -0.25) is 0 Å². The first-order chi connectivity index (χ1) is 13.8. The zero-order valence-corrected chi connectivity index (χ0v) is 16.3. The fraction of sp³-hybridized carbons (Fsp3) is 0.0400. The van der Waals surface area contributed by atoms with Gasteiger partial charge in [0.05, 0.1) is 11.0 Å². The minimum Gasteiger partial charge on any atom is -0.388 e. The summed E-state index contributed by atoms with van der Waals surface area (Å²) in [6.45, 7) is 0. The molecule has 6 rings (SSSR count). The third-order valence-corrected chi connectivity index (χ3v) is 6.73. The summed E-state index contributed by atoms with van der Waals surface area (Å²) < 4.78 is 5.06. The molecule has 2 heterocycles. The first-order valence-electron chi connectivity index (χ1n) is 9.46. The summed E-state index contributed by atoms with van der Waals surface area (Å²) in [5, 5.41) is 8.49. The molecular weight excluding hydrogens is 360 g/mol. The molecule has 0 fully saturated rings. The molecule has 134 valence electrons. The van der Waals surface area contributed by atoms with Crippen molar-refractivity contribution in [2.24, 2.45) is 0 Å². The van der Waals surface area contributed by atoms with Crippen LogP contribution in [0.15, 0.2) is 84.9 Å². The molecule has 2 aromatic heterocycles. The fourth-order valence-electron chi connectivity index (χ4n) is 4.26. The Kier molecular flexibility index (Phi) is 3.28. The van der Waals surface area contributed by atoms with Crippen molar-refractivity contribution in [3.8, 4) is 5.69 Å². The van der Waals surface area contributed by atoms with Crippen LogP contribution in [-0.2, 0) is 0 Å². The van der Waals surface area contributed by atoms with Gasteiger partial charge in [-0.05, 0) is 48.5 Å². The Morgan fingerprint density at radius 2 is 1.39 bits per heavy atom. The second-order valence-corrected chi connectivity index (χ2v) is 8.20. The van der Waals surface area contributed by atoms with Gasteiger partial charge in [0.15, 0.2) is 0 Å². The first kappa shape index (κ1) is 15.7. The molecule has 0 atom stereocenters. The van der Waals surface area contributed by atoms with Crippen molar-refractivity contribution in [2.45, 2.75) is 0 Å². The molecule has 0 amide bonds. The van der Waals surface area contributed by atoms with E-state index < -0.39 is 0 Å². The van der Waals surface area contributed by atoms with E-state index in [0.29, 0.717) is 0 Å². The fourth-order valence-corrected chi connectivity index (χ4v) is 5.35. The summed E-state index contributed by atoms with van der Waals surface area (Å²) in [6, 6.07) is 30.8. The number of benzene rings is 4. The van der Waals surface area contributed by atoms with Crippen LogP contribution in [0.25, 0.3) is 47.7 Å². The monoisotopic (exact) mass is 378 g/mol. The summed E-state index contributed by atoms with van der Waals surface area (Å²) in [4.78, 5) is 0. The molecule has 0 aliphatic rings. The third-order valence-electron chi connectivity index (χ3n) is 5.58. The molecule has 0 aliphatic carbocycles. The zero-order chi connectivity index (χ0) is 18.7. The molecule has 0 saturated heterocycles. The zero-order valence-electron chi connectivity index (χ0n) is 15.4. The van der Waals surface area contributed by atoms with Crippen molar-refractivity contribution < 1.29 is 0 Å². The molecule has 28 heavy (non-hydrogen) atoms. The number of nitrogens with zero attached hydrogens (tertiary/aromatic N) is 1. The highest BCUT2D eigenvalue weighted by Gasteiger charge is 2.13. The molecule has 0 radical (unpaired) electrons. The van der Waals surface area contributed by atoms with E-state index in [-0.39, 0.29) is 0 Å². The van der Waals surface area contributed by atoms with E-state index in [0.717, 1.165) is 5.69 Å². The second-order valence-electron chi connectivity index (χ2n) is 7.11. The normalized spacial score (nSPS) is 11.8. The van der Waals surface area contributed by atoms with Gasteiger partial charge < -0.3 is 9.88 Å². The summed E-state index contributed by atoms with van der Waals surface area (Å²) in [5.41, 5.74) is 4.82. The minimum absolute atomic E-state index is 1.13. The Hall–Kier alpha value is -3.30.